The molecule has 0 aromatic heterocycles. The third-order valence-electron chi connectivity index (χ3n) is 20.1. The van der Waals surface area contributed by atoms with Gasteiger partial charge in [-0.3, -0.25) is 37.3 Å². The van der Waals surface area contributed by atoms with Crippen molar-refractivity contribution in [3.05, 3.63) is 0 Å². The molecule has 5 atom stereocenters. The fourth-order valence-corrected chi connectivity index (χ4v) is 14.9. The Morgan fingerprint density at radius 3 is 0.567 bits per heavy atom. The monoisotopic (exact) mass is 1520 g/mol. The minimum absolute atomic E-state index is 0.109. The van der Waals surface area contributed by atoms with Crippen molar-refractivity contribution in [1.82, 2.24) is 0 Å². The molecule has 618 valence electrons. The fraction of sp³-hybridized carbons (Fsp3) is 0.953. The van der Waals surface area contributed by atoms with Crippen LogP contribution in [0.1, 0.15) is 464 Å². The summed E-state index contributed by atoms with van der Waals surface area (Å²) in [4.78, 5) is 73.2. The van der Waals surface area contributed by atoms with Crippen molar-refractivity contribution < 1.29 is 80.2 Å². The van der Waals surface area contributed by atoms with E-state index in [9.17, 15) is 43.2 Å². The van der Waals surface area contributed by atoms with Gasteiger partial charge in [-0.25, -0.2) is 9.13 Å². The number of phosphoric acid groups is 2. The third-order valence-corrected chi connectivity index (χ3v) is 22.0. The van der Waals surface area contributed by atoms with E-state index in [1.165, 1.54) is 295 Å². The smallest absolute Gasteiger partial charge is 0.462 e. The molecule has 0 saturated heterocycles. The molecule has 0 heterocycles. The van der Waals surface area contributed by atoms with Crippen molar-refractivity contribution in [1.29, 1.82) is 0 Å². The molecular formula is C85H166O17P2. The fourth-order valence-electron chi connectivity index (χ4n) is 13.3. The number of phosphoric ester groups is 2. The number of hydrogen-bond donors (Lipinski definition) is 3. The number of hydrogen-bond acceptors (Lipinski definition) is 15. The molecule has 0 aliphatic carbocycles. The second-order valence-corrected chi connectivity index (χ2v) is 33.5. The second kappa shape index (κ2) is 79.2. The highest BCUT2D eigenvalue weighted by atomic mass is 31.2. The molecule has 0 fully saturated rings. The van der Waals surface area contributed by atoms with Crippen LogP contribution in [0.15, 0.2) is 0 Å². The van der Waals surface area contributed by atoms with E-state index in [-0.39, 0.29) is 25.7 Å². The Hall–Kier alpha value is -1.94. The summed E-state index contributed by atoms with van der Waals surface area (Å²) in [6.07, 6.45) is 73.4. The Labute approximate surface area is 638 Å². The average molecular weight is 1520 g/mol. The Bertz CT molecular complexity index is 1960. The lowest BCUT2D eigenvalue weighted by Gasteiger charge is -2.21. The summed E-state index contributed by atoms with van der Waals surface area (Å²) in [5.74, 6) is -2.10. The normalized spacial score (nSPS) is 13.7. The molecular weight excluding hydrogens is 1350 g/mol. The Kier molecular flexibility index (Phi) is 77.7. The number of aliphatic hydroxyl groups is 1. The molecule has 3 N–H and O–H groups in total. The number of esters is 4. The summed E-state index contributed by atoms with van der Waals surface area (Å²) in [7, 11) is -9.93. The number of unbranched alkanes of at least 4 members (excludes halogenated alkanes) is 60. The SMILES string of the molecule is CCCCCCCCCCCCCCCCCCCCC(=O)O[C@H](COC(=O)CCCCCCCCCCCCCCCCCCC)COP(=O)(O)OC[C@@H](O)COP(=O)(O)OC[C@@H](COC(=O)CCCCCCCCCCCCCCC)OC(=O)CCCCCCCCCCCCCCCCCC. The van der Waals surface area contributed by atoms with E-state index in [0.717, 1.165) is 89.9 Å². The second-order valence-electron chi connectivity index (χ2n) is 30.6. The standard InChI is InChI=1S/C85H166O17P2/c1-5-9-13-17-21-25-29-33-36-39-41-44-48-52-56-60-64-68-72-85(90)102-81(76-96-83(88)70-66-62-58-54-50-46-43-40-37-34-30-26-22-18-14-10-6-2)78-100-104(93,94)98-74-79(86)73-97-103(91,92)99-77-80(75-95-82(87)69-65-61-57-53-49-45-32-28-24-20-16-12-8-4)101-84(89)71-67-63-59-55-51-47-42-38-35-31-27-23-19-15-11-7-3/h79-81,86H,5-78H2,1-4H3,(H,91,92)(H,93,94)/t79-,80+,81+/m0/s1. The topological polar surface area (TPSA) is 237 Å². The van der Waals surface area contributed by atoms with Crippen LogP contribution in [0.3, 0.4) is 0 Å². The van der Waals surface area contributed by atoms with Gasteiger partial charge in [0.1, 0.15) is 19.3 Å². The first-order chi connectivity index (χ1) is 50.7. The van der Waals surface area contributed by atoms with Crippen molar-refractivity contribution in [2.24, 2.45) is 0 Å². The van der Waals surface area contributed by atoms with Crippen molar-refractivity contribution in [2.75, 3.05) is 39.6 Å². The van der Waals surface area contributed by atoms with Crippen LogP contribution in [-0.2, 0) is 65.4 Å². The van der Waals surface area contributed by atoms with Gasteiger partial charge < -0.3 is 33.8 Å². The first-order valence-corrected chi connectivity index (χ1v) is 47.3. The summed E-state index contributed by atoms with van der Waals surface area (Å²) in [5, 5.41) is 10.7. The zero-order valence-corrected chi connectivity index (χ0v) is 69.8. The molecule has 0 rings (SSSR count). The lowest BCUT2D eigenvalue weighted by Crippen LogP contribution is -2.30. The summed E-state index contributed by atoms with van der Waals surface area (Å²) in [5.41, 5.74) is 0. The number of rotatable bonds is 86. The molecule has 0 radical (unpaired) electrons. The van der Waals surface area contributed by atoms with Gasteiger partial charge in [0.05, 0.1) is 26.4 Å². The first-order valence-electron chi connectivity index (χ1n) is 44.3. The summed E-state index contributed by atoms with van der Waals surface area (Å²) in [6, 6.07) is 0. The van der Waals surface area contributed by atoms with E-state index < -0.39 is 97.5 Å². The highest BCUT2D eigenvalue weighted by Gasteiger charge is 2.30. The van der Waals surface area contributed by atoms with Gasteiger partial charge in [-0.05, 0) is 25.7 Å². The average Bonchev–Trinajstić information content (AvgIpc) is 0.934. The molecule has 0 aliphatic rings. The molecule has 17 nitrogen and oxygen atoms in total. The van der Waals surface area contributed by atoms with Gasteiger partial charge in [0, 0.05) is 25.7 Å². The van der Waals surface area contributed by atoms with E-state index in [0.29, 0.717) is 25.7 Å². The van der Waals surface area contributed by atoms with Crippen LogP contribution >= 0.6 is 15.6 Å². The summed E-state index contributed by atoms with van der Waals surface area (Å²) >= 11 is 0. The number of carbonyl (C=O) groups is 4. The molecule has 0 aromatic rings. The Morgan fingerprint density at radius 1 is 0.231 bits per heavy atom. The van der Waals surface area contributed by atoms with Gasteiger partial charge in [-0.15, -0.1) is 0 Å². The van der Waals surface area contributed by atoms with E-state index >= 15 is 0 Å². The van der Waals surface area contributed by atoms with Crippen LogP contribution in [0.2, 0.25) is 0 Å². The number of ether oxygens (including phenoxy) is 4. The largest absolute Gasteiger partial charge is 0.472 e. The first kappa shape index (κ1) is 102. The molecule has 0 saturated carbocycles. The van der Waals surface area contributed by atoms with E-state index in [2.05, 4.69) is 27.7 Å². The molecule has 0 bridgehead atoms. The van der Waals surface area contributed by atoms with Crippen molar-refractivity contribution in [2.45, 2.75) is 483 Å². The van der Waals surface area contributed by atoms with Crippen LogP contribution in [0.25, 0.3) is 0 Å². The molecule has 19 heteroatoms. The molecule has 0 aliphatic heterocycles. The molecule has 2 unspecified atom stereocenters. The van der Waals surface area contributed by atoms with Gasteiger partial charge in [0.2, 0.25) is 0 Å². The van der Waals surface area contributed by atoms with Crippen LogP contribution in [0.5, 0.6) is 0 Å². The molecule has 104 heavy (non-hydrogen) atoms. The van der Waals surface area contributed by atoms with Crippen LogP contribution < -0.4 is 0 Å². The summed E-state index contributed by atoms with van der Waals surface area (Å²) in [6.45, 7) is 5.07. The van der Waals surface area contributed by atoms with Crippen LogP contribution in [-0.4, -0.2) is 96.7 Å². The lowest BCUT2D eigenvalue weighted by atomic mass is 10.0. The highest BCUT2D eigenvalue weighted by Crippen LogP contribution is 2.45. The van der Waals surface area contributed by atoms with Gasteiger partial charge in [-0.2, -0.15) is 0 Å². The summed E-state index contributed by atoms with van der Waals surface area (Å²) < 4.78 is 68.9. The molecule has 0 amide bonds. The van der Waals surface area contributed by atoms with Crippen molar-refractivity contribution in [3.8, 4) is 0 Å². The van der Waals surface area contributed by atoms with Crippen LogP contribution in [0.4, 0.5) is 0 Å². The van der Waals surface area contributed by atoms with Gasteiger partial charge in [0.25, 0.3) is 0 Å². The van der Waals surface area contributed by atoms with Gasteiger partial charge >= 0.3 is 39.5 Å². The van der Waals surface area contributed by atoms with E-state index in [1.54, 1.807) is 0 Å². The van der Waals surface area contributed by atoms with Crippen LogP contribution in [0, 0.1) is 0 Å². The van der Waals surface area contributed by atoms with E-state index in [4.69, 9.17) is 37.0 Å². The van der Waals surface area contributed by atoms with E-state index in [1.807, 2.05) is 0 Å². The Balaban J connectivity index is 5.26. The van der Waals surface area contributed by atoms with Gasteiger partial charge in [-0.1, -0.05) is 413 Å². The predicted octanol–water partition coefficient (Wildman–Crippen LogP) is 26.1. The van der Waals surface area contributed by atoms with Gasteiger partial charge in [0.15, 0.2) is 12.2 Å². The van der Waals surface area contributed by atoms with Crippen molar-refractivity contribution >= 4 is 39.5 Å². The third kappa shape index (κ3) is 78.2. The minimum atomic E-state index is -4.96. The maximum absolute atomic E-state index is 13.1. The number of carbonyl (C=O) groups excluding carboxylic acids is 4. The lowest BCUT2D eigenvalue weighted by molar-refractivity contribution is -0.161. The minimum Gasteiger partial charge on any atom is -0.462 e. The quantitative estimate of drug-likeness (QED) is 0.0222. The zero-order valence-electron chi connectivity index (χ0n) is 68.0. The molecule has 0 aromatic carbocycles. The van der Waals surface area contributed by atoms with Crippen molar-refractivity contribution in [3.63, 3.8) is 0 Å². The maximum atomic E-state index is 13.1. The highest BCUT2D eigenvalue weighted by molar-refractivity contribution is 7.47. The maximum Gasteiger partial charge on any atom is 0.472 e. The number of aliphatic hydroxyl groups excluding tert-OH is 1. The Morgan fingerprint density at radius 2 is 0.385 bits per heavy atom. The predicted molar refractivity (Wildman–Crippen MR) is 428 cm³/mol. The molecule has 0 spiro atoms. The zero-order chi connectivity index (χ0) is 76.0.